The van der Waals surface area contributed by atoms with Crippen molar-refractivity contribution in [3.05, 3.63) is 43.8 Å². The van der Waals surface area contributed by atoms with E-state index in [9.17, 15) is 24.8 Å². The van der Waals surface area contributed by atoms with Crippen LogP contribution in [-0.2, 0) is 0 Å². The molecule has 2 aromatic rings. The predicted molar refractivity (Wildman–Crippen MR) is 62.5 cm³/mol. The second-order valence-corrected chi connectivity index (χ2v) is 3.80. The van der Waals surface area contributed by atoms with Gasteiger partial charge in [0.2, 0.25) is 0 Å². The number of benzene rings is 1. The van der Waals surface area contributed by atoms with Crippen LogP contribution in [0.2, 0.25) is 0 Å². The summed E-state index contributed by atoms with van der Waals surface area (Å²) in [5, 5.41) is 29.3. The van der Waals surface area contributed by atoms with E-state index in [-0.39, 0.29) is 16.5 Å². The zero-order chi connectivity index (χ0) is 14.3. The van der Waals surface area contributed by atoms with Crippen molar-refractivity contribution in [2.45, 2.75) is 6.92 Å². The molecule has 8 heteroatoms. The predicted octanol–water partition coefficient (Wildman–Crippen LogP) is 1.41. The van der Waals surface area contributed by atoms with Crippen LogP contribution in [0.15, 0.2) is 21.3 Å². The van der Waals surface area contributed by atoms with Gasteiger partial charge >= 0.3 is 11.6 Å². The van der Waals surface area contributed by atoms with Gasteiger partial charge in [-0.15, -0.1) is 0 Å². The topological polar surface area (TPSA) is 131 Å². The van der Waals surface area contributed by atoms with Crippen molar-refractivity contribution < 1.29 is 24.3 Å². The molecule has 98 valence electrons. The molecule has 0 aliphatic rings. The van der Waals surface area contributed by atoms with Crippen LogP contribution in [0.4, 0.5) is 5.69 Å². The molecular formula is C11H7NO7. The third kappa shape index (κ3) is 1.88. The minimum absolute atomic E-state index is 0.0354. The molecule has 2 rings (SSSR count). The first-order valence-corrected chi connectivity index (χ1v) is 5.01. The summed E-state index contributed by atoms with van der Waals surface area (Å²) in [5.74, 6) is -2.07. The summed E-state index contributed by atoms with van der Waals surface area (Å²) in [5.41, 5.74) is -2.54. The van der Waals surface area contributed by atoms with Gasteiger partial charge in [-0.3, -0.25) is 10.1 Å². The van der Waals surface area contributed by atoms with Gasteiger partial charge in [0, 0.05) is 11.5 Å². The average molecular weight is 265 g/mol. The van der Waals surface area contributed by atoms with Crippen molar-refractivity contribution in [2.24, 2.45) is 0 Å². The lowest BCUT2D eigenvalue weighted by Crippen LogP contribution is -2.13. The minimum Gasteiger partial charge on any atom is -0.504 e. The highest BCUT2D eigenvalue weighted by Crippen LogP contribution is 2.34. The van der Waals surface area contributed by atoms with E-state index in [4.69, 9.17) is 9.52 Å². The van der Waals surface area contributed by atoms with Crippen molar-refractivity contribution in [3.63, 3.8) is 0 Å². The summed E-state index contributed by atoms with van der Waals surface area (Å²) >= 11 is 0. The number of nitro benzene ring substituents is 1. The first-order valence-electron chi connectivity index (χ1n) is 5.01. The average Bonchev–Trinajstić information content (AvgIpc) is 2.33. The van der Waals surface area contributed by atoms with Gasteiger partial charge in [-0.1, -0.05) is 0 Å². The summed E-state index contributed by atoms with van der Waals surface area (Å²) in [6.07, 6.45) is 0. The lowest BCUT2D eigenvalue weighted by atomic mass is 10.1. The molecule has 0 spiro atoms. The number of rotatable bonds is 2. The van der Waals surface area contributed by atoms with Gasteiger partial charge in [0.25, 0.3) is 5.69 Å². The van der Waals surface area contributed by atoms with Crippen LogP contribution in [0.25, 0.3) is 11.0 Å². The Kier molecular flexibility index (Phi) is 2.70. The number of carboxylic acids is 1. The lowest BCUT2D eigenvalue weighted by molar-refractivity contribution is -0.385. The van der Waals surface area contributed by atoms with Crippen LogP contribution in [0.1, 0.15) is 15.9 Å². The number of aromatic hydroxyl groups is 1. The number of carboxylic acid groups (broad SMARTS) is 1. The van der Waals surface area contributed by atoms with E-state index in [0.717, 1.165) is 12.1 Å². The molecule has 0 bridgehead atoms. The minimum atomic E-state index is -1.52. The molecule has 1 aromatic carbocycles. The van der Waals surface area contributed by atoms with Gasteiger partial charge in [-0.25, -0.2) is 9.59 Å². The molecule has 1 heterocycles. The molecule has 0 unspecified atom stereocenters. The fraction of sp³-hybridized carbons (Fsp3) is 0.0909. The molecule has 0 aliphatic heterocycles. The fourth-order valence-corrected chi connectivity index (χ4v) is 1.66. The smallest absolute Gasteiger partial charge is 0.351 e. The number of phenolic OH excluding ortho intramolecular Hbond substituents is 1. The monoisotopic (exact) mass is 265 g/mol. The van der Waals surface area contributed by atoms with E-state index < -0.39 is 33.5 Å². The Hall–Kier alpha value is -2.90. The number of aromatic carboxylic acids is 1. The Morgan fingerprint density at radius 3 is 2.58 bits per heavy atom. The van der Waals surface area contributed by atoms with Gasteiger partial charge in [0.1, 0.15) is 5.56 Å². The highest BCUT2D eigenvalue weighted by atomic mass is 16.6. The van der Waals surface area contributed by atoms with E-state index in [2.05, 4.69) is 0 Å². The molecule has 0 fully saturated rings. The lowest BCUT2D eigenvalue weighted by Gasteiger charge is -2.04. The maximum Gasteiger partial charge on any atom is 0.351 e. The number of nitrogens with zero attached hydrogens (tertiary/aromatic N) is 1. The van der Waals surface area contributed by atoms with Crippen molar-refractivity contribution in [3.8, 4) is 5.75 Å². The molecular weight excluding hydrogens is 258 g/mol. The number of phenols is 1. The molecule has 0 amide bonds. The van der Waals surface area contributed by atoms with Crippen LogP contribution < -0.4 is 5.63 Å². The first-order chi connectivity index (χ1) is 8.82. The quantitative estimate of drug-likeness (QED) is 0.476. The molecule has 19 heavy (non-hydrogen) atoms. The normalized spacial score (nSPS) is 10.6. The largest absolute Gasteiger partial charge is 0.504 e. The van der Waals surface area contributed by atoms with Crippen LogP contribution in [0.3, 0.4) is 0 Å². The number of nitro groups is 1. The van der Waals surface area contributed by atoms with Crippen molar-refractivity contribution in [1.29, 1.82) is 0 Å². The zero-order valence-corrected chi connectivity index (χ0v) is 9.54. The number of carbonyl (C=O) groups is 1. The van der Waals surface area contributed by atoms with Crippen molar-refractivity contribution in [1.82, 2.24) is 0 Å². The standard InChI is InChI=1S/C11H7NO7/c1-4-7(12(17)18)3-5-2-6(10(14)15)11(16)19-9(5)8(4)13/h2-3,13H,1H3,(H,14,15). The van der Waals surface area contributed by atoms with Crippen molar-refractivity contribution >= 4 is 22.6 Å². The number of hydrogen-bond acceptors (Lipinski definition) is 6. The summed E-state index contributed by atoms with van der Waals surface area (Å²) in [6, 6.07) is 1.97. The Morgan fingerprint density at radius 1 is 1.42 bits per heavy atom. The molecule has 0 aliphatic carbocycles. The van der Waals surface area contributed by atoms with Crippen LogP contribution in [0.5, 0.6) is 5.75 Å². The molecule has 2 N–H and O–H groups in total. The molecule has 0 saturated heterocycles. The SMILES string of the molecule is Cc1c([N+](=O)[O-])cc2cc(C(=O)O)c(=O)oc2c1O. The maximum atomic E-state index is 11.4. The number of hydrogen-bond donors (Lipinski definition) is 2. The van der Waals surface area contributed by atoms with Gasteiger partial charge in [0.05, 0.1) is 10.5 Å². The first kappa shape index (κ1) is 12.6. The Bertz CT molecular complexity index is 775. The molecule has 1 aromatic heterocycles. The second kappa shape index (κ2) is 4.09. The summed E-state index contributed by atoms with van der Waals surface area (Å²) in [6.45, 7) is 1.29. The maximum absolute atomic E-state index is 11.4. The zero-order valence-electron chi connectivity index (χ0n) is 9.54. The summed E-state index contributed by atoms with van der Waals surface area (Å²) < 4.78 is 4.69. The van der Waals surface area contributed by atoms with Gasteiger partial charge in [0.15, 0.2) is 11.3 Å². The highest BCUT2D eigenvalue weighted by Gasteiger charge is 2.21. The third-order valence-electron chi connectivity index (χ3n) is 2.65. The molecule has 0 radical (unpaired) electrons. The van der Waals surface area contributed by atoms with Crippen LogP contribution >= 0.6 is 0 Å². The Balaban J connectivity index is 2.94. The third-order valence-corrected chi connectivity index (χ3v) is 2.65. The highest BCUT2D eigenvalue weighted by molar-refractivity contribution is 5.94. The van der Waals surface area contributed by atoms with Crippen LogP contribution in [0, 0.1) is 17.0 Å². The fourth-order valence-electron chi connectivity index (χ4n) is 1.66. The van der Waals surface area contributed by atoms with E-state index in [1.165, 1.54) is 6.92 Å². The molecule has 0 atom stereocenters. The second-order valence-electron chi connectivity index (χ2n) is 3.80. The Morgan fingerprint density at radius 2 is 2.05 bits per heavy atom. The molecule has 8 nitrogen and oxygen atoms in total. The van der Waals surface area contributed by atoms with Gasteiger partial charge in [-0.05, 0) is 13.0 Å². The van der Waals surface area contributed by atoms with Gasteiger partial charge < -0.3 is 14.6 Å². The van der Waals surface area contributed by atoms with E-state index in [0.29, 0.717) is 0 Å². The number of fused-ring (bicyclic) bond motifs is 1. The van der Waals surface area contributed by atoms with E-state index in [1.54, 1.807) is 0 Å². The van der Waals surface area contributed by atoms with Gasteiger partial charge in [-0.2, -0.15) is 0 Å². The summed E-state index contributed by atoms with van der Waals surface area (Å²) in [7, 11) is 0. The molecule has 0 saturated carbocycles. The van der Waals surface area contributed by atoms with E-state index in [1.807, 2.05) is 0 Å². The van der Waals surface area contributed by atoms with E-state index >= 15 is 0 Å². The van der Waals surface area contributed by atoms with Crippen molar-refractivity contribution in [2.75, 3.05) is 0 Å². The van der Waals surface area contributed by atoms with Crippen LogP contribution in [-0.4, -0.2) is 21.1 Å². The summed E-state index contributed by atoms with van der Waals surface area (Å²) in [4.78, 5) is 32.2. The Labute approximate surface area is 104 Å².